The fraction of sp³-hybridized carbons (Fsp3) is 0.500. The molecular formula is C12H20N3O4P. The summed E-state index contributed by atoms with van der Waals surface area (Å²) in [6.45, 7) is 4.53. The van der Waals surface area contributed by atoms with Gasteiger partial charge in [0.15, 0.2) is 0 Å². The first-order valence-electron chi connectivity index (χ1n) is 6.40. The second-order valence-corrected chi connectivity index (χ2v) is 5.77. The van der Waals surface area contributed by atoms with Crippen molar-refractivity contribution >= 4 is 13.4 Å². The standard InChI is InChI=1S/C12H20N3O4P/c1-3-18-20(17,19-4-2)10-6-5-8-15-9-7-11(13)14-12(15)16/h6-7,9-10H,3-5,8H2,1-2H3,(H2,13,14,16)/b10-6+. The van der Waals surface area contributed by atoms with E-state index in [1.807, 2.05) is 0 Å². The minimum Gasteiger partial charge on any atom is -0.383 e. The highest BCUT2D eigenvalue weighted by atomic mass is 31.2. The van der Waals surface area contributed by atoms with Crippen LogP contribution in [0.5, 0.6) is 0 Å². The molecule has 112 valence electrons. The van der Waals surface area contributed by atoms with E-state index in [1.54, 1.807) is 32.2 Å². The summed E-state index contributed by atoms with van der Waals surface area (Å²) in [7, 11) is -3.16. The zero-order valence-corrected chi connectivity index (χ0v) is 12.6. The Kier molecular flexibility index (Phi) is 6.64. The summed E-state index contributed by atoms with van der Waals surface area (Å²) in [6, 6.07) is 1.55. The number of rotatable bonds is 8. The van der Waals surface area contributed by atoms with E-state index in [1.165, 1.54) is 10.4 Å². The zero-order valence-electron chi connectivity index (χ0n) is 11.7. The monoisotopic (exact) mass is 301 g/mol. The Morgan fingerprint density at radius 1 is 1.40 bits per heavy atom. The van der Waals surface area contributed by atoms with Crippen LogP contribution >= 0.6 is 7.60 Å². The molecule has 0 saturated heterocycles. The van der Waals surface area contributed by atoms with Gasteiger partial charge in [-0.1, -0.05) is 6.08 Å². The van der Waals surface area contributed by atoms with Gasteiger partial charge in [0, 0.05) is 18.6 Å². The minimum atomic E-state index is -3.16. The van der Waals surface area contributed by atoms with Crippen LogP contribution in [0.15, 0.2) is 29.0 Å². The first kappa shape index (κ1) is 16.6. The number of hydrogen-bond donors (Lipinski definition) is 1. The first-order valence-corrected chi connectivity index (χ1v) is 8.01. The molecule has 1 aromatic heterocycles. The number of nitrogen functional groups attached to an aromatic ring is 1. The van der Waals surface area contributed by atoms with Gasteiger partial charge in [-0.25, -0.2) is 4.79 Å². The molecule has 1 rings (SSSR count). The smallest absolute Gasteiger partial charge is 0.353 e. The Labute approximate surface area is 118 Å². The summed E-state index contributed by atoms with van der Waals surface area (Å²) in [5, 5.41) is 0. The average Bonchev–Trinajstić information content (AvgIpc) is 2.37. The van der Waals surface area contributed by atoms with Crippen molar-refractivity contribution in [3.63, 3.8) is 0 Å². The van der Waals surface area contributed by atoms with Gasteiger partial charge in [-0.2, -0.15) is 4.98 Å². The summed E-state index contributed by atoms with van der Waals surface area (Å²) in [5.74, 6) is 1.62. The van der Waals surface area contributed by atoms with Crippen molar-refractivity contribution in [1.82, 2.24) is 9.55 Å². The summed E-state index contributed by atoms with van der Waals surface area (Å²) < 4.78 is 23.8. The fourth-order valence-corrected chi connectivity index (χ4v) is 2.89. The molecule has 0 aliphatic heterocycles. The minimum absolute atomic E-state index is 0.194. The van der Waals surface area contributed by atoms with Crippen molar-refractivity contribution in [1.29, 1.82) is 0 Å². The molecule has 0 aliphatic carbocycles. The van der Waals surface area contributed by atoms with E-state index in [9.17, 15) is 9.36 Å². The van der Waals surface area contributed by atoms with Gasteiger partial charge >= 0.3 is 13.3 Å². The molecule has 1 heterocycles. The molecule has 0 radical (unpaired) electrons. The highest BCUT2D eigenvalue weighted by Gasteiger charge is 2.18. The van der Waals surface area contributed by atoms with Crippen LogP contribution in [0.4, 0.5) is 5.82 Å². The Balaban J connectivity index is 2.60. The number of allylic oxidation sites excluding steroid dienone is 1. The van der Waals surface area contributed by atoms with Crippen molar-refractivity contribution in [3.8, 4) is 0 Å². The Bertz CT molecular complexity index is 546. The highest BCUT2D eigenvalue weighted by molar-refractivity contribution is 7.57. The third-order valence-electron chi connectivity index (χ3n) is 2.34. The van der Waals surface area contributed by atoms with Gasteiger partial charge in [0.1, 0.15) is 5.82 Å². The Hall–Kier alpha value is -1.43. The first-order chi connectivity index (χ1) is 9.50. The number of nitrogens with two attached hydrogens (primary N) is 1. The molecule has 0 amide bonds. The summed E-state index contributed by atoms with van der Waals surface area (Å²) in [5.41, 5.74) is 4.99. The van der Waals surface area contributed by atoms with E-state index in [2.05, 4.69) is 4.98 Å². The molecule has 20 heavy (non-hydrogen) atoms. The highest BCUT2D eigenvalue weighted by Crippen LogP contribution is 2.49. The predicted molar refractivity (Wildman–Crippen MR) is 77.5 cm³/mol. The molecule has 0 aromatic carbocycles. The van der Waals surface area contributed by atoms with Gasteiger partial charge < -0.3 is 14.8 Å². The SMILES string of the molecule is CCOP(=O)(/C=C/CCn1ccc(N)nc1=O)OCC. The van der Waals surface area contributed by atoms with Crippen molar-refractivity contribution in [2.75, 3.05) is 18.9 Å². The Morgan fingerprint density at radius 3 is 2.60 bits per heavy atom. The maximum atomic E-state index is 12.1. The summed E-state index contributed by atoms with van der Waals surface area (Å²) in [6.07, 6.45) is 3.76. The van der Waals surface area contributed by atoms with Crippen molar-refractivity contribution in [2.45, 2.75) is 26.8 Å². The largest absolute Gasteiger partial charge is 0.383 e. The van der Waals surface area contributed by atoms with Gasteiger partial charge in [0.25, 0.3) is 0 Å². The molecular weight excluding hydrogens is 281 g/mol. The molecule has 0 saturated carbocycles. The normalized spacial score (nSPS) is 12.1. The molecule has 7 nitrogen and oxygen atoms in total. The molecule has 1 aromatic rings. The van der Waals surface area contributed by atoms with E-state index in [4.69, 9.17) is 14.8 Å². The van der Waals surface area contributed by atoms with Gasteiger partial charge in [0.2, 0.25) is 0 Å². The predicted octanol–water partition coefficient (Wildman–Crippen LogP) is 2.00. The van der Waals surface area contributed by atoms with Crippen molar-refractivity contribution < 1.29 is 13.6 Å². The van der Waals surface area contributed by atoms with Crippen LogP contribution in [0, 0.1) is 0 Å². The van der Waals surface area contributed by atoms with E-state index < -0.39 is 13.3 Å². The number of hydrogen-bond acceptors (Lipinski definition) is 6. The molecule has 0 fully saturated rings. The maximum absolute atomic E-state index is 12.1. The molecule has 8 heteroatoms. The van der Waals surface area contributed by atoms with Crippen molar-refractivity contribution in [2.24, 2.45) is 0 Å². The van der Waals surface area contributed by atoms with Crippen LogP contribution in [0.3, 0.4) is 0 Å². The van der Waals surface area contributed by atoms with Crippen molar-refractivity contribution in [3.05, 3.63) is 34.6 Å². The third kappa shape index (κ3) is 5.28. The molecule has 0 aliphatic rings. The lowest BCUT2D eigenvalue weighted by atomic mass is 10.4. The second-order valence-electron chi connectivity index (χ2n) is 3.88. The van der Waals surface area contributed by atoms with Crippen LogP contribution in [-0.4, -0.2) is 22.8 Å². The molecule has 0 atom stereocenters. The zero-order chi connectivity index (χ0) is 15.0. The summed E-state index contributed by atoms with van der Waals surface area (Å²) >= 11 is 0. The maximum Gasteiger partial charge on any atom is 0.353 e. The third-order valence-corrected chi connectivity index (χ3v) is 4.15. The van der Waals surface area contributed by atoms with Gasteiger partial charge in [-0.3, -0.25) is 9.13 Å². The number of aryl methyl sites for hydroxylation is 1. The molecule has 0 unspecified atom stereocenters. The number of nitrogens with zero attached hydrogens (tertiary/aromatic N) is 2. The Morgan fingerprint density at radius 2 is 2.05 bits per heavy atom. The second kappa shape index (κ2) is 7.99. The van der Waals surface area contributed by atoms with Gasteiger partial charge in [-0.05, 0) is 26.3 Å². The average molecular weight is 301 g/mol. The van der Waals surface area contributed by atoms with Crippen LogP contribution in [0.2, 0.25) is 0 Å². The van der Waals surface area contributed by atoms with E-state index in [0.29, 0.717) is 26.2 Å². The molecule has 0 spiro atoms. The number of anilines is 1. The lowest BCUT2D eigenvalue weighted by Crippen LogP contribution is -2.22. The van der Waals surface area contributed by atoms with E-state index in [0.717, 1.165) is 0 Å². The molecule has 2 N–H and O–H groups in total. The van der Waals surface area contributed by atoms with Gasteiger partial charge in [-0.15, -0.1) is 0 Å². The topological polar surface area (TPSA) is 96.4 Å². The van der Waals surface area contributed by atoms with Gasteiger partial charge in [0.05, 0.1) is 13.2 Å². The summed E-state index contributed by atoms with van der Waals surface area (Å²) in [4.78, 5) is 15.1. The lowest BCUT2D eigenvalue weighted by Gasteiger charge is -2.12. The van der Waals surface area contributed by atoms with E-state index >= 15 is 0 Å². The number of aromatic nitrogens is 2. The molecule has 0 bridgehead atoms. The van der Waals surface area contributed by atoms with Crippen LogP contribution in [0.1, 0.15) is 20.3 Å². The quantitative estimate of drug-likeness (QED) is 0.738. The fourth-order valence-electron chi connectivity index (χ4n) is 1.51. The van der Waals surface area contributed by atoms with Crippen LogP contribution < -0.4 is 11.4 Å². The van der Waals surface area contributed by atoms with Crippen LogP contribution in [0.25, 0.3) is 0 Å². The van der Waals surface area contributed by atoms with E-state index in [-0.39, 0.29) is 5.82 Å². The van der Waals surface area contributed by atoms with Crippen LogP contribution in [-0.2, 0) is 20.2 Å². The lowest BCUT2D eigenvalue weighted by molar-refractivity contribution is 0.229.